The highest BCUT2D eigenvalue weighted by molar-refractivity contribution is 7.60. The minimum absolute atomic E-state index is 0.0164. The molecule has 2 heterocycles. The summed E-state index contributed by atoms with van der Waals surface area (Å²) in [6, 6.07) is 6.72. The van der Waals surface area contributed by atoms with Crippen molar-refractivity contribution in [2.75, 3.05) is 6.54 Å². The van der Waals surface area contributed by atoms with E-state index in [1.165, 1.54) is 35.0 Å². The highest BCUT2D eigenvalue weighted by Gasteiger charge is 2.40. The summed E-state index contributed by atoms with van der Waals surface area (Å²) in [7, 11) is -4.65. The van der Waals surface area contributed by atoms with Gasteiger partial charge in [-0.15, -0.1) is 0 Å². The number of alkyl halides is 1. The van der Waals surface area contributed by atoms with Crippen molar-refractivity contribution in [2.24, 2.45) is 5.73 Å². The van der Waals surface area contributed by atoms with E-state index in [0.29, 0.717) is 0 Å². The summed E-state index contributed by atoms with van der Waals surface area (Å²) in [6.07, 6.45) is -0.489. The lowest BCUT2D eigenvalue weighted by atomic mass is 10.1. The van der Waals surface area contributed by atoms with Gasteiger partial charge in [0.2, 0.25) is 11.8 Å². The number of amides is 3. The number of rotatable bonds is 7. The molecule has 3 amide bonds. The van der Waals surface area contributed by atoms with E-state index >= 15 is 0 Å². The highest BCUT2D eigenvalue weighted by atomic mass is 35.5. The molecule has 5 N–H and O–H groups in total. The molecule has 0 bridgehead atoms. The van der Waals surface area contributed by atoms with Crippen molar-refractivity contribution in [1.29, 1.82) is 0 Å². The number of nitrogens with zero attached hydrogens (tertiary/aromatic N) is 2. The fourth-order valence-electron chi connectivity index (χ4n) is 4.32. The lowest BCUT2D eigenvalue weighted by Gasteiger charge is -2.24. The van der Waals surface area contributed by atoms with Gasteiger partial charge in [-0.05, 0) is 18.2 Å². The molecule has 0 spiro atoms. The summed E-state index contributed by atoms with van der Waals surface area (Å²) in [4.78, 5) is 57.9. The molecule has 2 atom stereocenters. The number of halogens is 3. The summed E-state index contributed by atoms with van der Waals surface area (Å²) >= 11 is 5.75. The number of likely N-dealkylation sites (tertiary alicyclic amines) is 1. The molecule has 3 aromatic rings. The second-order valence-electron chi connectivity index (χ2n) is 8.61. The van der Waals surface area contributed by atoms with Crippen molar-refractivity contribution in [3.8, 4) is 0 Å². The van der Waals surface area contributed by atoms with Gasteiger partial charge < -0.3 is 30.3 Å². The number of hydrogen-bond acceptors (Lipinski definition) is 4. The number of fused-ring (bicyclic) bond motifs is 1. The van der Waals surface area contributed by atoms with Crippen LogP contribution < -0.4 is 16.4 Å². The quantitative estimate of drug-likeness (QED) is 0.325. The summed E-state index contributed by atoms with van der Waals surface area (Å²) in [5.41, 5.74) is 5.70. The SMILES string of the molecule is NC(=O)c1cn(CC(=O)N2C[C@H](F)C[C@H]2C(=O)NCc2cccc(Cl)c2F)c2cc(P(=O)(O)O)ccc12. The Morgan fingerprint density at radius 2 is 1.95 bits per heavy atom. The minimum Gasteiger partial charge on any atom is -0.366 e. The van der Waals surface area contributed by atoms with Crippen LogP contribution in [-0.4, -0.2) is 55.7 Å². The number of hydrogen-bond donors (Lipinski definition) is 4. The molecule has 196 valence electrons. The smallest absolute Gasteiger partial charge is 0.356 e. The van der Waals surface area contributed by atoms with E-state index in [-0.39, 0.29) is 51.9 Å². The average Bonchev–Trinajstić information content (AvgIpc) is 3.40. The van der Waals surface area contributed by atoms with Gasteiger partial charge in [0.05, 0.1) is 28.0 Å². The van der Waals surface area contributed by atoms with Crippen molar-refractivity contribution in [3.05, 3.63) is 64.6 Å². The van der Waals surface area contributed by atoms with Crippen molar-refractivity contribution in [2.45, 2.75) is 31.7 Å². The Bertz CT molecular complexity index is 1460. The molecule has 1 aromatic heterocycles. The zero-order chi connectivity index (χ0) is 27.1. The van der Waals surface area contributed by atoms with E-state index in [9.17, 15) is 37.5 Å². The molecule has 14 heteroatoms. The Morgan fingerprint density at radius 1 is 1.22 bits per heavy atom. The number of carbonyl (C=O) groups is 3. The largest absolute Gasteiger partial charge is 0.366 e. The minimum atomic E-state index is -4.65. The lowest BCUT2D eigenvalue weighted by Crippen LogP contribution is -2.46. The van der Waals surface area contributed by atoms with Crippen molar-refractivity contribution in [3.63, 3.8) is 0 Å². The summed E-state index contributed by atoms with van der Waals surface area (Å²) in [5.74, 6) is -2.89. The maximum Gasteiger partial charge on any atom is 0.356 e. The summed E-state index contributed by atoms with van der Waals surface area (Å²) in [5, 5.41) is 2.31. The normalized spacial score (nSPS) is 17.8. The van der Waals surface area contributed by atoms with Crippen LogP contribution in [0, 0.1) is 5.82 Å². The molecular weight excluding hydrogens is 533 g/mol. The summed E-state index contributed by atoms with van der Waals surface area (Å²) in [6.45, 7) is -1.05. The van der Waals surface area contributed by atoms with E-state index < -0.39 is 49.9 Å². The molecule has 1 aliphatic rings. The molecule has 0 radical (unpaired) electrons. The average molecular weight is 555 g/mol. The number of benzene rings is 2. The molecule has 0 aliphatic carbocycles. The molecule has 10 nitrogen and oxygen atoms in total. The molecular formula is C23H22ClF2N4O6P. The predicted octanol–water partition coefficient (Wildman–Crippen LogP) is 1.59. The zero-order valence-electron chi connectivity index (χ0n) is 19.1. The zero-order valence-corrected chi connectivity index (χ0v) is 20.8. The van der Waals surface area contributed by atoms with E-state index in [2.05, 4.69) is 5.32 Å². The Kier molecular flexibility index (Phi) is 7.38. The van der Waals surface area contributed by atoms with E-state index in [1.54, 1.807) is 0 Å². The monoisotopic (exact) mass is 554 g/mol. The number of carbonyl (C=O) groups excluding carboxylic acids is 3. The van der Waals surface area contributed by atoms with Gasteiger partial charge in [-0.25, -0.2) is 8.78 Å². The van der Waals surface area contributed by atoms with Crippen LogP contribution in [0.15, 0.2) is 42.6 Å². The Labute approximate surface area is 214 Å². The van der Waals surface area contributed by atoms with Gasteiger partial charge in [0, 0.05) is 30.1 Å². The van der Waals surface area contributed by atoms with Gasteiger partial charge in [-0.2, -0.15) is 0 Å². The third kappa shape index (κ3) is 5.52. The molecule has 0 unspecified atom stereocenters. The molecule has 4 rings (SSSR count). The van der Waals surface area contributed by atoms with Gasteiger partial charge in [0.1, 0.15) is 24.6 Å². The van der Waals surface area contributed by atoms with Crippen LogP contribution in [0.3, 0.4) is 0 Å². The topological polar surface area (TPSA) is 155 Å². The second kappa shape index (κ2) is 10.2. The van der Waals surface area contributed by atoms with Gasteiger partial charge in [0.25, 0.3) is 5.91 Å². The second-order valence-corrected chi connectivity index (χ2v) is 10.6. The number of primary amides is 1. The molecule has 1 fully saturated rings. The van der Waals surface area contributed by atoms with Gasteiger partial charge in [-0.3, -0.25) is 18.9 Å². The summed E-state index contributed by atoms with van der Waals surface area (Å²) < 4.78 is 41.4. The number of nitrogens with two attached hydrogens (primary N) is 1. The van der Waals surface area contributed by atoms with E-state index in [1.807, 2.05) is 0 Å². The molecule has 2 aromatic carbocycles. The standard InChI is InChI=1S/C23H22ClF2N4O6P/c24-17-3-1-2-12(21(17)26)8-28-23(33)19-6-13(25)9-30(19)20(31)11-29-10-16(22(27)32)15-5-4-14(7-18(15)29)37(34,35)36/h1-5,7,10,13,19H,6,8-9,11H2,(H2,27,32)(H,28,33)(H2,34,35,36)/t13-,19+/m1/s1. The molecule has 1 aliphatic heterocycles. The first-order valence-electron chi connectivity index (χ1n) is 11.0. The Hall–Kier alpha value is -3.31. The first-order valence-corrected chi connectivity index (χ1v) is 13.0. The third-order valence-electron chi connectivity index (χ3n) is 6.13. The number of nitrogens with one attached hydrogen (secondary N) is 1. The predicted molar refractivity (Wildman–Crippen MR) is 130 cm³/mol. The maximum absolute atomic E-state index is 14.3. The Morgan fingerprint density at radius 3 is 2.62 bits per heavy atom. The molecule has 1 saturated heterocycles. The van der Waals surface area contributed by atoms with Crippen LogP contribution in [-0.2, 0) is 27.2 Å². The third-order valence-corrected chi connectivity index (χ3v) is 7.37. The highest BCUT2D eigenvalue weighted by Crippen LogP contribution is 2.35. The van der Waals surface area contributed by atoms with Crippen LogP contribution >= 0.6 is 19.2 Å². The fraction of sp³-hybridized carbons (Fsp3) is 0.261. The van der Waals surface area contributed by atoms with Crippen molar-refractivity contribution < 1.29 is 37.5 Å². The van der Waals surface area contributed by atoms with Crippen LogP contribution in [0.2, 0.25) is 5.02 Å². The van der Waals surface area contributed by atoms with Crippen LogP contribution in [0.25, 0.3) is 10.9 Å². The maximum atomic E-state index is 14.3. The van der Waals surface area contributed by atoms with Crippen molar-refractivity contribution >= 4 is 53.1 Å². The van der Waals surface area contributed by atoms with Crippen LogP contribution in [0.4, 0.5) is 8.78 Å². The van der Waals surface area contributed by atoms with E-state index in [4.69, 9.17) is 17.3 Å². The molecule has 0 saturated carbocycles. The lowest BCUT2D eigenvalue weighted by molar-refractivity contribution is -0.139. The Balaban J connectivity index is 1.57. The van der Waals surface area contributed by atoms with Gasteiger partial charge in [0.15, 0.2) is 0 Å². The van der Waals surface area contributed by atoms with Gasteiger partial charge >= 0.3 is 7.60 Å². The van der Waals surface area contributed by atoms with Gasteiger partial charge in [-0.1, -0.05) is 29.8 Å². The molecule has 37 heavy (non-hydrogen) atoms. The first-order chi connectivity index (χ1) is 17.4. The van der Waals surface area contributed by atoms with E-state index in [0.717, 1.165) is 17.0 Å². The van der Waals surface area contributed by atoms with Crippen molar-refractivity contribution in [1.82, 2.24) is 14.8 Å². The van der Waals surface area contributed by atoms with Crippen LogP contribution in [0.1, 0.15) is 22.3 Å². The van der Waals surface area contributed by atoms with Crippen LogP contribution in [0.5, 0.6) is 0 Å². The first kappa shape index (κ1) is 26.7. The fourth-order valence-corrected chi connectivity index (χ4v) is 5.07. The number of aromatic nitrogens is 1.